The summed E-state index contributed by atoms with van der Waals surface area (Å²) >= 11 is 4.02. The normalized spacial score (nSPS) is 20.3. The number of rotatable bonds is 8. The first-order chi connectivity index (χ1) is 17.0. The molecular formula is C21H25N7O5S3. The van der Waals surface area contributed by atoms with Gasteiger partial charge in [-0.1, -0.05) is 11.3 Å². The monoisotopic (exact) mass is 551 g/mol. The number of nitrogens with one attached hydrogen (secondary N) is 4. The van der Waals surface area contributed by atoms with Gasteiger partial charge in [0.25, 0.3) is 5.91 Å². The standard InChI is InChI=1S/C21H25N7O5S3/c1-21(2,3)25-20(33)24-13(11-5-4-6-34-11)16(29)23-14-17(30)28-15(19(31)32)10(9-36-18(14)28)8-35-12-7-22-27-26-12/h4-7,13-14,18H,8-9H2,1-3H3,(H,23,29)(H,31,32)(H,22,26,27)(H2,24,25,33)/t13?,14-,18?/m0/s1. The lowest BCUT2D eigenvalue weighted by atomic mass is 10.0. The van der Waals surface area contributed by atoms with Crippen LogP contribution in [-0.2, 0) is 14.4 Å². The topological polar surface area (TPSA) is 169 Å². The second-order valence-corrected chi connectivity index (χ2v) is 12.2. The number of β-lactam (4-membered cyclic amide) rings is 1. The molecule has 0 bridgehead atoms. The summed E-state index contributed by atoms with van der Waals surface area (Å²) in [6.45, 7) is 5.46. The van der Waals surface area contributed by atoms with E-state index in [1.165, 1.54) is 46.0 Å². The van der Waals surface area contributed by atoms with Gasteiger partial charge in [-0.25, -0.2) is 9.59 Å². The number of H-pyrrole nitrogens is 1. The smallest absolute Gasteiger partial charge is 0.352 e. The van der Waals surface area contributed by atoms with Crippen LogP contribution in [0.15, 0.2) is 40.0 Å². The van der Waals surface area contributed by atoms with E-state index >= 15 is 0 Å². The summed E-state index contributed by atoms with van der Waals surface area (Å²) < 4.78 is 0. The highest BCUT2D eigenvalue weighted by Crippen LogP contribution is 2.41. The summed E-state index contributed by atoms with van der Waals surface area (Å²) in [7, 11) is 0. The second kappa shape index (κ2) is 10.5. The number of carbonyl (C=O) groups excluding carboxylic acids is 3. The minimum absolute atomic E-state index is 0.0632. The van der Waals surface area contributed by atoms with Crippen molar-refractivity contribution in [2.24, 2.45) is 0 Å². The summed E-state index contributed by atoms with van der Waals surface area (Å²) in [6.07, 6.45) is 1.53. The Kier molecular flexibility index (Phi) is 7.61. The van der Waals surface area contributed by atoms with Gasteiger partial charge in [-0.3, -0.25) is 19.6 Å². The van der Waals surface area contributed by atoms with Gasteiger partial charge >= 0.3 is 12.0 Å². The van der Waals surface area contributed by atoms with Crippen molar-refractivity contribution in [3.8, 4) is 0 Å². The zero-order valence-electron chi connectivity index (χ0n) is 19.6. The predicted molar refractivity (Wildman–Crippen MR) is 135 cm³/mol. The number of hydrogen-bond donors (Lipinski definition) is 5. The Morgan fingerprint density at radius 3 is 2.75 bits per heavy atom. The van der Waals surface area contributed by atoms with Crippen molar-refractivity contribution in [1.82, 2.24) is 36.3 Å². The van der Waals surface area contributed by atoms with Crippen LogP contribution in [0.25, 0.3) is 0 Å². The molecule has 192 valence electrons. The molecule has 36 heavy (non-hydrogen) atoms. The number of aliphatic carboxylic acids is 1. The Labute approximate surface area is 219 Å². The molecule has 3 atom stereocenters. The second-order valence-electron chi connectivity index (χ2n) is 9.06. The summed E-state index contributed by atoms with van der Waals surface area (Å²) in [5, 5.41) is 29.9. The zero-order chi connectivity index (χ0) is 26.0. The van der Waals surface area contributed by atoms with Crippen LogP contribution in [0.5, 0.6) is 0 Å². The van der Waals surface area contributed by atoms with Crippen molar-refractivity contribution in [2.75, 3.05) is 11.5 Å². The largest absolute Gasteiger partial charge is 0.477 e. The summed E-state index contributed by atoms with van der Waals surface area (Å²) in [4.78, 5) is 52.6. The van der Waals surface area contributed by atoms with Crippen LogP contribution in [0.2, 0.25) is 0 Å². The molecule has 4 amide bonds. The van der Waals surface area contributed by atoms with Gasteiger partial charge in [-0.05, 0) is 37.8 Å². The number of aromatic nitrogens is 3. The van der Waals surface area contributed by atoms with Crippen molar-refractivity contribution >= 4 is 58.7 Å². The third-order valence-corrected chi connectivity index (χ3v) is 8.47. The first-order valence-corrected chi connectivity index (χ1v) is 13.8. The van der Waals surface area contributed by atoms with Crippen LogP contribution in [0, 0.1) is 0 Å². The summed E-state index contributed by atoms with van der Waals surface area (Å²) in [5.74, 6) is -1.52. The van der Waals surface area contributed by atoms with Crippen molar-refractivity contribution < 1.29 is 24.3 Å². The van der Waals surface area contributed by atoms with E-state index in [9.17, 15) is 24.3 Å². The van der Waals surface area contributed by atoms with E-state index in [2.05, 4.69) is 31.4 Å². The van der Waals surface area contributed by atoms with E-state index in [1.807, 2.05) is 20.8 Å². The maximum Gasteiger partial charge on any atom is 0.352 e. The minimum atomic E-state index is -1.20. The number of amides is 4. The molecule has 1 saturated heterocycles. The molecule has 2 unspecified atom stereocenters. The number of urea groups is 1. The van der Waals surface area contributed by atoms with E-state index in [4.69, 9.17) is 0 Å². The Bertz CT molecular complexity index is 1180. The fourth-order valence-electron chi connectivity index (χ4n) is 3.68. The quantitative estimate of drug-likeness (QED) is 0.241. The van der Waals surface area contributed by atoms with E-state index in [0.717, 1.165) is 0 Å². The highest BCUT2D eigenvalue weighted by atomic mass is 32.2. The Balaban J connectivity index is 1.46. The molecule has 0 saturated carbocycles. The molecule has 5 N–H and O–H groups in total. The molecule has 0 radical (unpaired) electrons. The lowest BCUT2D eigenvalue weighted by Crippen LogP contribution is -2.71. The Morgan fingerprint density at radius 2 is 2.14 bits per heavy atom. The number of fused-ring (bicyclic) bond motifs is 1. The lowest BCUT2D eigenvalue weighted by molar-refractivity contribution is -0.150. The van der Waals surface area contributed by atoms with Gasteiger partial charge in [0.05, 0.1) is 6.20 Å². The fraction of sp³-hybridized carbons (Fsp3) is 0.429. The number of thioether (sulfide) groups is 2. The molecule has 1 fully saturated rings. The van der Waals surface area contributed by atoms with Crippen molar-refractivity contribution in [1.29, 1.82) is 0 Å². The number of carbonyl (C=O) groups is 4. The molecule has 12 nitrogen and oxygen atoms in total. The molecule has 2 aliphatic rings. The minimum Gasteiger partial charge on any atom is -0.477 e. The van der Waals surface area contributed by atoms with E-state index in [0.29, 0.717) is 27.0 Å². The Morgan fingerprint density at radius 1 is 1.36 bits per heavy atom. The van der Waals surface area contributed by atoms with E-state index in [1.54, 1.807) is 17.5 Å². The van der Waals surface area contributed by atoms with Gasteiger partial charge in [-0.2, -0.15) is 0 Å². The Hall–Kier alpha value is -3.04. The SMILES string of the molecule is CC(C)(C)NC(=O)NC(C(=O)N[C@H]1C(=O)N2C(C(=O)O)=C(CSc3cnn[nH]3)CSC12)c1cccs1. The molecule has 2 aromatic heterocycles. The molecule has 4 heterocycles. The molecular weight excluding hydrogens is 526 g/mol. The molecule has 2 aliphatic heterocycles. The van der Waals surface area contributed by atoms with Crippen molar-refractivity contribution in [2.45, 2.75) is 48.8 Å². The average molecular weight is 552 g/mol. The first-order valence-electron chi connectivity index (χ1n) is 10.9. The third-order valence-electron chi connectivity index (χ3n) is 5.20. The number of thiophene rings is 1. The van der Waals surface area contributed by atoms with Gasteiger partial charge in [-0.15, -0.1) is 40.0 Å². The van der Waals surface area contributed by atoms with Crippen LogP contribution in [0.4, 0.5) is 4.79 Å². The number of nitrogens with zero attached hydrogens (tertiary/aromatic N) is 3. The lowest BCUT2D eigenvalue weighted by Gasteiger charge is -2.49. The van der Waals surface area contributed by atoms with Gasteiger partial charge < -0.3 is 21.1 Å². The number of carboxylic acid groups (broad SMARTS) is 1. The maximum atomic E-state index is 13.2. The molecule has 0 aliphatic carbocycles. The van der Waals surface area contributed by atoms with Gasteiger partial charge in [0.1, 0.15) is 28.2 Å². The van der Waals surface area contributed by atoms with Gasteiger partial charge in [0.15, 0.2) is 0 Å². The van der Waals surface area contributed by atoms with Crippen LogP contribution < -0.4 is 16.0 Å². The first kappa shape index (κ1) is 26.0. The van der Waals surface area contributed by atoms with Crippen LogP contribution in [-0.4, -0.2) is 77.7 Å². The van der Waals surface area contributed by atoms with E-state index < -0.39 is 46.8 Å². The summed E-state index contributed by atoms with van der Waals surface area (Å²) in [5.41, 5.74) is 0.0258. The number of aromatic amines is 1. The number of hydrogen-bond acceptors (Lipinski definition) is 9. The van der Waals surface area contributed by atoms with Crippen LogP contribution >= 0.6 is 34.9 Å². The van der Waals surface area contributed by atoms with Crippen molar-refractivity contribution in [3.63, 3.8) is 0 Å². The summed E-state index contributed by atoms with van der Waals surface area (Å²) in [6, 6.07) is 1.06. The van der Waals surface area contributed by atoms with Gasteiger partial charge in [0, 0.05) is 21.9 Å². The van der Waals surface area contributed by atoms with E-state index in [-0.39, 0.29) is 5.70 Å². The highest BCUT2D eigenvalue weighted by Gasteiger charge is 2.54. The predicted octanol–water partition coefficient (Wildman–Crippen LogP) is 1.54. The third kappa shape index (κ3) is 5.68. The van der Waals surface area contributed by atoms with Gasteiger partial charge in [0.2, 0.25) is 5.91 Å². The molecule has 4 rings (SSSR count). The van der Waals surface area contributed by atoms with Crippen molar-refractivity contribution in [3.05, 3.63) is 39.9 Å². The number of carboxylic acids is 1. The maximum absolute atomic E-state index is 13.2. The average Bonchev–Trinajstić information content (AvgIpc) is 3.52. The molecule has 2 aromatic rings. The molecule has 15 heteroatoms. The zero-order valence-corrected chi connectivity index (χ0v) is 22.1. The molecule has 0 aromatic carbocycles. The molecule has 0 spiro atoms. The fourth-order valence-corrected chi connectivity index (χ4v) is 6.73. The highest BCUT2D eigenvalue weighted by molar-refractivity contribution is 8.01. The van der Waals surface area contributed by atoms with Crippen LogP contribution in [0.3, 0.4) is 0 Å². The van der Waals surface area contributed by atoms with Crippen LogP contribution in [0.1, 0.15) is 31.7 Å².